The molecule has 5 heteroatoms. The monoisotopic (exact) mass is 332 g/mol. The molecule has 126 valence electrons. The Hall–Kier alpha value is -2.69. The second-order valence-electron chi connectivity index (χ2n) is 7.02. The fourth-order valence-corrected chi connectivity index (χ4v) is 4.15. The molecule has 1 N–H and O–H groups in total. The van der Waals surface area contributed by atoms with Crippen LogP contribution in [0.5, 0.6) is 0 Å². The molecule has 1 aliphatic carbocycles. The second kappa shape index (κ2) is 5.69. The molecule has 0 spiro atoms. The average molecular weight is 332 g/mol. The number of aryl methyl sites for hydroxylation is 2. The van der Waals surface area contributed by atoms with E-state index in [2.05, 4.69) is 27.1 Å². The van der Waals surface area contributed by atoms with Crippen LogP contribution >= 0.6 is 0 Å². The lowest BCUT2D eigenvalue weighted by molar-refractivity contribution is 0.0732. The Morgan fingerprint density at radius 1 is 1.16 bits per heavy atom. The van der Waals surface area contributed by atoms with Crippen LogP contribution in [0.1, 0.15) is 45.7 Å². The normalized spacial score (nSPS) is 16.6. The number of nitrogens with one attached hydrogen (secondary N) is 1. The summed E-state index contributed by atoms with van der Waals surface area (Å²) in [6.45, 7) is 1.29. The van der Waals surface area contributed by atoms with Crippen LogP contribution in [0.3, 0.4) is 0 Å². The fourth-order valence-electron chi connectivity index (χ4n) is 4.15. The van der Waals surface area contributed by atoms with Crippen LogP contribution in [0.15, 0.2) is 30.7 Å². The highest BCUT2D eigenvalue weighted by Crippen LogP contribution is 2.30. The number of aromatic amines is 1. The lowest BCUT2D eigenvalue weighted by Crippen LogP contribution is -2.36. The lowest BCUT2D eigenvalue weighted by atomic mass is 9.95. The molecule has 5 rings (SSSR count). The Balaban J connectivity index is 1.48. The predicted molar refractivity (Wildman–Crippen MR) is 95.4 cm³/mol. The molecule has 1 aliphatic heterocycles. The topological polar surface area (TPSA) is 61.9 Å². The maximum absolute atomic E-state index is 13.0. The van der Waals surface area contributed by atoms with Crippen LogP contribution in [-0.4, -0.2) is 32.3 Å². The van der Waals surface area contributed by atoms with Crippen molar-refractivity contribution < 1.29 is 4.79 Å². The van der Waals surface area contributed by atoms with Gasteiger partial charge in [-0.05, 0) is 61.4 Å². The van der Waals surface area contributed by atoms with E-state index < -0.39 is 0 Å². The molecule has 0 bridgehead atoms. The third kappa shape index (κ3) is 2.42. The van der Waals surface area contributed by atoms with Gasteiger partial charge in [0.1, 0.15) is 6.33 Å². The molecule has 5 nitrogen and oxygen atoms in total. The summed E-state index contributed by atoms with van der Waals surface area (Å²) in [5, 5.41) is 1.22. The summed E-state index contributed by atoms with van der Waals surface area (Å²) in [6.07, 6.45) is 8.97. The molecule has 0 saturated heterocycles. The third-order valence-electron chi connectivity index (χ3n) is 5.51. The molecule has 0 radical (unpaired) electrons. The lowest BCUT2D eigenvalue weighted by Gasteiger charge is -2.27. The molecule has 0 fully saturated rings. The molecular weight excluding hydrogens is 312 g/mol. The number of aromatic nitrogens is 3. The van der Waals surface area contributed by atoms with E-state index in [0.717, 1.165) is 48.1 Å². The first kappa shape index (κ1) is 14.6. The zero-order valence-corrected chi connectivity index (χ0v) is 14.1. The standard InChI is InChI=1S/C20H20N4O/c25-20(24-8-7-14-10-21-12-22-19(14)11-24)13-5-6-18-16(9-13)15-3-1-2-4-17(15)23-18/h5-6,9-10,12,23H,1-4,7-8,11H2. The number of H-pyrrole nitrogens is 1. The molecular formula is C20H20N4O. The maximum atomic E-state index is 13.0. The zero-order chi connectivity index (χ0) is 16.8. The molecule has 3 aromatic rings. The number of amides is 1. The average Bonchev–Trinajstić information content (AvgIpc) is 3.05. The van der Waals surface area contributed by atoms with Gasteiger partial charge >= 0.3 is 0 Å². The highest BCUT2D eigenvalue weighted by Gasteiger charge is 2.24. The zero-order valence-electron chi connectivity index (χ0n) is 14.1. The molecule has 25 heavy (non-hydrogen) atoms. The third-order valence-corrected chi connectivity index (χ3v) is 5.51. The van der Waals surface area contributed by atoms with Gasteiger partial charge in [0.25, 0.3) is 5.91 Å². The first-order valence-corrected chi connectivity index (χ1v) is 9.00. The van der Waals surface area contributed by atoms with Gasteiger partial charge in [-0.25, -0.2) is 9.97 Å². The molecule has 0 unspecified atom stereocenters. The Labute approximate surface area is 146 Å². The summed E-state index contributed by atoms with van der Waals surface area (Å²) in [5.74, 6) is 0.0944. The van der Waals surface area contributed by atoms with Gasteiger partial charge in [0.05, 0.1) is 12.2 Å². The molecule has 0 saturated carbocycles. The van der Waals surface area contributed by atoms with Gasteiger partial charge < -0.3 is 9.88 Å². The second-order valence-corrected chi connectivity index (χ2v) is 7.02. The van der Waals surface area contributed by atoms with Crippen molar-refractivity contribution in [2.24, 2.45) is 0 Å². The molecule has 3 heterocycles. The number of hydrogen-bond acceptors (Lipinski definition) is 3. The van der Waals surface area contributed by atoms with Crippen molar-refractivity contribution >= 4 is 16.8 Å². The van der Waals surface area contributed by atoms with E-state index in [1.54, 1.807) is 6.33 Å². The number of benzene rings is 1. The summed E-state index contributed by atoms with van der Waals surface area (Å²) in [5.41, 5.74) is 6.82. The first-order chi connectivity index (χ1) is 12.3. The van der Waals surface area contributed by atoms with Crippen molar-refractivity contribution in [3.05, 3.63) is 58.8 Å². The first-order valence-electron chi connectivity index (χ1n) is 9.00. The van der Waals surface area contributed by atoms with Crippen LogP contribution in [-0.2, 0) is 25.8 Å². The van der Waals surface area contributed by atoms with E-state index in [1.165, 1.54) is 29.5 Å². The minimum atomic E-state index is 0.0944. The highest BCUT2D eigenvalue weighted by atomic mass is 16.2. The van der Waals surface area contributed by atoms with Gasteiger partial charge in [0, 0.05) is 34.9 Å². The van der Waals surface area contributed by atoms with Gasteiger partial charge in [0.2, 0.25) is 0 Å². The van der Waals surface area contributed by atoms with Gasteiger partial charge in [0.15, 0.2) is 0 Å². The minimum Gasteiger partial charge on any atom is -0.358 e. The van der Waals surface area contributed by atoms with Crippen molar-refractivity contribution in [2.45, 2.75) is 38.6 Å². The fraction of sp³-hybridized carbons (Fsp3) is 0.350. The van der Waals surface area contributed by atoms with Crippen LogP contribution in [0.25, 0.3) is 10.9 Å². The van der Waals surface area contributed by atoms with Crippen LogP contribution in [0.2, 0.25) is 0 Å². The quantitative estimate of drug-likeness (QED) is 0.745. The molecule has 0 atom stereocenters. The molecule has 1 aromatic carbocycles. The Morgan fingerprint density at radius 2 is 2.08 bits per heavy atom. The minimum absolute atomic E-state index is 0.0944. The molecule has 2 aliphatic rings. The van der Waals surface area contributed by atoms with Crippen molar-refractivity contribution in [3.8, 4) is 0 Å². The summed E-state index contributed by atoms with van der Waals surface area (Å²) < 4.78 is 0. The van der Waals surface area contributed by atoms with E-state index in [9.17, 15) is 4.79 Å². The van der Waals surface area contributed by atoms with Crippen molar-refractivity contribution in [1.82, 2.24) is 19.9 Å². The number of carbonyl (C=O) groups excluding carboxylic acids is 1. The largest absolute Gasteiger partial charge is 0.358 e. The molecule has 1 amide bonds. The molecule has 2 aromatic heterocycles. The summed E-state index contributed by atoms with van der Waals surface area (Å²) >= 11 is 0. The van der Waals surface area contributed by atoms with E-state index >= 15 is 0 Å². The van der Waals surface area contributed by atoms with Crippen molar-refractivity contribution in [3.63, 3.8) is 0 Å². The number of fused-ring (bicyclic) bond motifs is 4. The highest BCUT2D eigenvalue weighted by molar-refractivity contribution is 5.99. The van der Waals surface area contributed by atoms with Crippen molar-refractivity contribution in [1.29, 1.82) is 0 Å². The number of nitrogens with zero attached hydrogens (tertiary/aromatic N) is 3. The summed E-state index contributed by atoms with van der Waals surface area (Å²) in [4.78, 5) is 26.9. The summed E-state index contributed by atoms with van der Waals surface area (Å²) in [6, 6.07) is 6.08. The van der Waals surface area contributed by atoms with Crippen LogP contribution < -0.4 is 0 Å². The van der Waals surface area contributed by atoms with E-state index in [0.29, 0.717) is 6.54 Å². The predicted octanol–water partition coefficient (Wildman–Crippen LogP) is 3.04. The number of hydrogen-bond donors (Lipinski definition) is 1. The van der Waals surface area contributed by atoms with Crippen LogP contribution in [0, 0.1) is 0 Å². The maximum Gasteiger partial charge on any atom is 0.254 e. The Morgan fingerprint density at radius 3 is 3.04 bits per heavy atom. The smallest absolute Gasteiger partial charge is 0.254 e. The van der Waals surface area contributed by atoms with Gasteiger partial charge in [-0.15, -0.1) is 0 Å². The SMILES string of the molecule is O=C(c1ccc2[nH]c3c(c2c1)CCCC3)N1CCc2cncnc2C1. The number of carbonyl (C=O) groups is 1. The van der Waals surface area contributed by atoms with Crippen LogP contribution in [0.4, 0.5) is 0 Å². The van der Waals surface area contributed by atoms with Gasteiger partial charge in [-0.1, -0.05) is 0 Å². The summed E-state index contributed by atoms with van der Waals surface area (Å²) in [7, 11) is 0. The van der Waals surface area contributed by atoms with Crippen molar-refractivity contribution in [2.75, 3.05) is 6.54 Å². The van der Waals surface area contributed by atoms with E-state index in [1.807, 2.05) is 17.2 Å². The number of rotatable bonds is 1. The Bertz CT molecular complexity index is 975. The Kier molecular flexibility index (Phi) is 3.33. The van der Waals surface area contributed by atoms with E-state index in [-0.39, 0.29) is 5.91 Å². The van der Waals surface area contributed by atoms with E-state index in [4.69, 9.17) is 0 Å². The van der Waals surface area contributed by atoms with Gasteiger partial charge in [-0.3, -0.25) is 4.79 Å². The van der Waals surface area contributed by atoms with Gasteiger partial charge in [-0.2, -0.15) is 0 Å².